The molecule has 2 aromatic rings. The van der Waals surface area contributed by atoms with Crippen LogP contribution in [0.25, 0.3) is 0 Å². The van der Waals surface area contributed by atoms with Gasteiger partial charge in [0.2, 0.25) is 0 Å². The van der Waals surface area contributed by atoms with Gasteiger partial charge in [-0.3, -0.25) is 0 Å². The Morgan fingerprint density at radius 2 is 1.94 bits per heavy atom. The predicted octanol–water partition coefficient (Wildman–Crippen LogP) is 3.74. The number of methoxy groups -OCH3 is 1. The number of benzene rings is 1. The molecule has 2 nitrogen and oxygen atoms in total. The van der Waals surface area contributed by atoms with Gasteiger partial charge in [-0.15, -0.1) is 11.3 Å². The monoisotopic (exact) mass is 289 g/mol. The Morgan fingerprint density at radius 3 is 2.39 bits per heavy atom. The van der Waals surface area contributed by atoms with E-state index in [9.17, 15) is 8.78 Å². The highest BCUT2D eigenvalue weighted by Crippen LogP contribution is 2.34. The first-order valence-corrected chi connectivity index (χ1v) is 6.31. The molecule has 0 spiro atoms. The third kappa shape index (κ3) is 2.34. The van der Waals surface area contributed by atoms with Gasteiger partial charge in [0.05, 0.1) is 18.2 Å². The van der Waals surface area contributed by atoms with Gasteiger partial charge in [0.25, 0.3) is 0 Å². The van der Waals surface area contributed by atoms with Crippen molar-refractivity contribution in [3.8, 4) is 5.75 Å². The van der Waals surface area contributed by atoms with Crippen LogP contribution in [0, 0.1) is 11.6 Å². The maximum Gasteiger partial charge on any atom is 0.134 e. The molecule has 96 valence electrons. The summed E-state index contributed by atoms with van der Waals surface area (Å²) in [4.78, 5) is 0.527. The lowest BCUT2D eigenvalue weighted by molar-refractivity contribution is 0.404. The van der Waals surface area contributed by atoms with Gasteiger partial charge < -0.3 is 10.5 Å². The standard InChI is InChI=1S/C12H10ClF2NOS/c1-17-6-4-8(14)10(9(15)5-6)11(16)12-7(13)2-3-18-12/h2-5,11H,16H2,1H3. The van der Waals surface area contributed by atoms with Crippen LogP contribution in [0.5, 0.6) is 5.75 Å². The lowest BCUT2D eigenvalue weighted by Gasteiger charge is -2.14. The maximum atomic E-state index is 13.8. The van der Waals surface area contributed by atoms with Gasteiger partial charge in [-0.05, 0) is 11.4 Å². The Balaban J connectivity index is 2.48. The summed E-state index contributed by atoms with van der Waals surface area (Å²) >= 11 is 7.17. The van der Waals surface area contributed by atoms with Crippen molar-refractivity contribution in [2.45, 2.75) is 6.04 Å². The fourth-order valence-electron chi connectivity index (χ4n) is 1.63. The topological polar surface area (TPSA) is 35.2 Å². The van der Waals surface area contributed by atoms with Gasteiger partial charge in [-0.25, -0.2) is 8.78 Å². The first-order chi connectivity index (χ1) is 8.54. The van der Waals surface area contributed by atoms with E-state index in [0.717, 1.165) is 12.1 Å². The quantitative estimate of drug-likeness (QED) is 0.934. The van der Waals surface area contributed by atoms with Crippen molar-refractivity contribution in [2.75, 3.05) is 7.11 Å². The second-order valence-corrected chi connectivity index (χ2v) is 4.97. The Hall–Kier alpha value is -1.17. The molecule has 1 atom stereocenters. The highest BCUT2D eigenvalue weighted by molar-refractivity contribution is 7.10. The first-order valence-electron chi connectivity index (χ1n) is 5.06. The Bertz CT molecular complexity index is 550. The molecule has 1 aromatic heterocycles. The first kappa shape index (κ1) is 13.3. The maximum absolute atomic E-state index is 13.8. The van der Waals surface area contributed by atoms with Crippen LogP contribution >= 0.6 is 22.9 Å². The third-order valence-corrected chi connectivity index (χ3v) is 3.97. The average Bonchev–Trinajstić information content (AvgIpc) is 2.74. The van der Waals surface area contributed by atoms with Crippen LogP contribution in [0.1, 0.15) is 16.5 Å². The number of hydrogen-bond donors (Lipinski definition) is 1. The molecule has 0 amide bonds. The number of ether oxygens (including phenoxy) is 1. The van der Waals surface area contributed by atoms with E-state index in [1.165, 1.54) is 18.4 Å². The summed E-state index contributed by atoms with van der Waals surface area (Å²) in [6.07, 6.45) is 0. The molecule has 0 saturated heterocycles. The third-order valence-electron chi connectivity index (χ3n) is 2.53. The Kier molecular flexibility index (Phi) is 3.85. The fraction of sp³-hybridized carbons (Fsp3) is 0.167. The summed E-state index contributed by atoms with van der Waals surface area (Å²) in [6, 6.07) is 2.91. The van der Waals surface area contributed by atoms with Gasteiger partial charge in [0, 0.05) is 22.6 Å². The molecule has 1 aromatic carbocycles. The SMILES string of the molecule is COc1cc(F)c(C(N)c2sccc2Cl)c(F)c1. The van der Waals surface area contributed by atoms with E-state index in [1.807, 2.05) is 0 Å². The van der Waals surface area contributed by atoms with E-state index >= 15 is 0 Å². The van der Waals surface area contributed by atoms with Crippen molar-refractivity contribution < 1.29 is 13.5 Å². The van der Waals surface area contributed by atoms with Gasteiger partial charge in [-0.2, -0.15) is 0 Å². The van der Waals surface area contributed by atoms with Crippen LogP contribution in [0.3, 0.4) is 0 Å². The van der Waals surface area contributed by atoms with Crippen molar-refractivity contribution in [1.82, 2.24) is 0 Å². The summed E-state index contributed by atoms with van der Waals surface area (Å²) in [5.41, 5.74) is 5.65. The lowest BCUT2D eigenvalue weighted by Crippen LogP contribution is -2.15. The molecule has 2 N–H and O–H groups in total. The molecule has 2 rings (SSSR count). The normalized spacial score (nSPS) is 12.5. The Morgan fingerprint density at radius 1 is 1.33 bits per heavy atom. The summed E-state index contributed by atoms with van der Waals surface area (Å²) in [6.45, 7) is 0. The van der Waals surface area contributed by atoms with Crippen LogP contribution in [0.2, 0.25) is 5.02 Å². The number of halogens is 3. The highest BCUT2D eigenvalue weighted by Gasteiger charge is 2.22. The van der Waals surface area contributed by atoms with Crippen molar-refractivity contribution in [3.05, 3.63) is 50.7 Å². The minimum atomic E-state index is -0.927. The molecular formula is C12H10ClF2NOS. The number of nitrogens with two attached hydrogens (primary N) is 1. The predicted molar refractivity (Wildman–Crippen MR) is 68.3 cm³/mol. The average molecular weight is 290 g/mol. The molecule has 1 unspecified atom stereocenters. The molecule has 1 heterocycles. The molecule has 0 saturated carbocycles. The number of thiophene rings is 1. The smallest absolute Gasteiger partial charge is 0.134 e. The van der Waals surface area contributed by atoms with E-state index in [0.29, 0.717) is 9.90 Å². The molecule has 18 heavy (non-hydrogen) atoms. The minimum Gasteiger partial charge on any atom is -0.497 e. The molecule has 0 radical (unpaired) electrons. The zero-order chi connectivity index (χ0) is 13.3. The van der Waals surface area contributed by atoms with E-state index in [-0.39, 0.29) is 11.3 Å². The van der Waals surface area contributed by atoms with Crippen LogP contribution in [0.4, 0.5) is 8.78 Å². The van der Waals surface area contributed by atoms with Crippen molar-refractivity contribution in [2.24, 2.45) is 5.73 Å². The highest BCUT2D eigenvalue weighted by atomic mass is 35.5. The van der Waals surface area contributed by atoms with Crippen LogP contribution in [-0.2, 0) is 0 Å². The van der Waals surface area contributed by atoms with Crippen molar-refractivity contribution in [3.63, 3.8) is 0 Å². The molecular weight excluding hydrogens is 280 g/mol. The van der Waals surface area contributed by atoms with Gasteiger partial charge in [-0.1, -0.05) is 11.6 Å². The molecule has 0 bridgehead atoms. The molecule has 0 aliphatic carbocycles. The van der Waals surface area contributed by atoms with Gasteiger partial charge in [0.1, 0.15) is 17.4 Å². The summed E-state index contributed by atoms with van der Waals surface area (Å²) in [7, 11) is 1.34. The lowest BCUT2D eigenvalue weighted by atomic mass is 10.0. The van der Waals surface area contributed by atoms with E-state index < -0.39 is 17.7 Å². The van der Waals surface area contributed by atoms with E-state index in [1.54, 1.807) is 11.4 Å². The van der Waals surface area contributed by atoms with Crippen LogP contribution < -0.4 is 10.5 Å². The second kappa shape index (κ2) is 5.22. The zero-order valence-electron chi connectivity index (χ0n) is 9.41. The van der Waals surface area contributed by atoms with Crippen LogP contribution in [-0.4, -0.2) is 7.11 Å². The van der Waals surface area contributed by atoms with E-state index in [2.05, 4.69) is 0 Å². The Labute approximate surface area is 112 Å². The van der Waals surface area contributed by atoms with E-state index in [4.69, 9.17) is 22.1 Å². The number of hydrogen-bond acceptors (Lipinski definition) is 3. The van der Waals surface area contributed by atoms with Crippen molar-refractivity contribution in [1.29, 1.82) is 0 Å². The summed E-state index contributed by atoms with van der Waals surface area (Å²) in [5.74, 6) is -1.38. The molecule has 0 fully saturated rings. The summed E-state index contributed by atoms with van der Waals surface area (Å²) < 4.78 is 32.4. The van der Waals surface area contributed by atoms with Gasteiger partial charge >= 0.3 is 0 Å². The minimum absolute atomic E-state index is 0.109. The second-order valence-electron chi connectivity index (χ2n) is 3.62. The molecule has 6 heteroatoms. The largest absolute Gasteiger partial charge is 0.497 e. The number of rotatable bonds is 3. The fourth-order valence-corrected chi connectivity index (χ4v) is 2.82. The summed E-state index contributed by atoms with van der Waals surface area (Å²) in [5, 5.41) is 2.12. The zero-order valence-corrected chi connectivity index (χ0v) is 11.0. The van der Waals surface area contributed by atoms with Crippen LogP contribution in [0.15, 0.2) is 23.6 Å². The van der Waals surface area contributed by atoms with Crippen molar-refractivity contribution >= 4 is 22.9 Å². The molecule has 0 aliphatic rings. The van der Waals surface area contributed by atoms with Gasteiger partial charge in [0.15, 0.2) is 0 Å². The molecule has 0 aliphatic heterocycles.